The Balaban J connectivity index is 1.79. The summed E-state index contributed by atoms with van der Waals surface area (Å²) in [5.41, 5.74) is 4.08. The van der Waals surface area contributed by atoms with Crippen LogP contribution in [-0.2, 0) is 43.0 Å². The highest BCUT2D eigenvalue weighted by molar-refractivity contribution is 7.51. The summed E-state index contributed by atoms with van der Waals surface area (Å²) in [7, 11) is -4.50. The number of nitrogen functional groups attached to an aromatic ring is 1. The number of carbonyl (C=O) groups is 2. The number of aliphatic hydroxyl groups is 2. The van der Waals surface area contributed by atoms with E-state index in [4.69, 9.17) is 33.7 Å². The highest BCUT2D eigenvalue weighted by atomic mass is 31.2. The van der Waals surface area contributed by atoms with E-state index >= 15 is 0 Å². The summed E-state index contributed by atoms with van der Waals surface area (Å²) in [6.45, 7) is 6.11. The first-order chi connectivity index (χ1) is 19.2. The first-order valence-electron chi connectivity index (χ1n) is 12.5. The van der Waals surface area contributed by atoms with Crippen LogP contribution in [-0.4, -0.2) is 86.9 Å². The van der Waals surface area contributed by atoms with Crippen molar-refractivity contribution in [3.05, 3.63) is 24.2 Å². The van der Waals surface area contributed by atoms with Gasteiger partial charge in [-0.05, 0) is 46.8 Å². The summed E-state index contributed by atoms with van der Waals surface area (Å²) in [4.78, 5) is 27.9. The number of esters is 1. The van der Waals surface area contributed by atoms with Gasteiger partial charge < -0.3 is 34.9 Å². The molecule has 0 saturated carbocycles. The molecule has 0 aromatic carbocycles. The van der Waals surface area contributed by atoms with E-state index in [0.717, 1.165) is 6.33 Å². The van der Waals surface area contributed by atoms with Crippen LogP contribution >= 0.6 is 7.75 Å². The molecule has 1 aliphatic heterocycles. The van der Waals surface area contributed by atoms with E-state index in [2.05, 4.69) is 15.2 Å². The molecule has 2 aromatic heterocycles. The van der Waals surface area contributed by atoms with Gasteiger partial charge in [-0.1, -0.05) is 0 Å². The molecule has 0 spiro atoms. The van der Waals surface area contributed by atoms with Crippen LogP contribution in [0.1, 0.15) is 40.3 Å². The Morgan fingerprint density at radius 3 is 2.54 bits per heavy atom. The Bertz CT molecular complexity index is 1330. The molecule has 1 fully saturated rings. The average molecular weight is 601 g/mol. The van der Waals surface area contributed by atoms with E-state index in [0.29, 0.717) is 5.52 Å². The maximum atomic E-state index is 13.5. The highest BCUT2D eigenvalue weighted by Gasteiger charge is 2.58. The van der Waals surface area contributed by atoms with Crippen molar-refractivity contribution >= 4 is 31.2 Å². The normalized spacial score (nSPS) is 24.6. The molecule has 41 heavy (non-hydrogen) atoms. The summed E-state index contributed by atoms with van der Waals surface area (Å²) in [5, 5.41) is 38.1. The van der Waals surface area contributed by atoms with Crippen LogP contribution in [0.2, 0.25) is 0 Å². The van der Waals surface area contributed by atoms with E-state index in [9.17, 15) is 29.6 Å². The molecule has 0 bridgehead atoms. The average Bonchev–Trinajstić information content (AvgIpc) is 3.43. The van der Waals surface area contributed by atoms with E-state index in [1.807, 2.05) is 6.07 Å². The second-order valence-corrected chi connectivity index (χ2v) is 11.3. The second-order valence-electron chi connectivity index (χ2n) is 9.54. The van der Waals surface area contributed by atoms with Gasteiger partial charge in [0.2, 0.25) is 12.4 Å². The molecule has 0 radical (unpaired) electrons. The highest BCUT2D eigenvalue weighted by Crippen LogP contribution is 2.47. The number of fused-ring (bicyclic) bond motifs is 1. The molecule has 6 atom stereocenters. The Labute approximate surface area is 235 Å². The molecule has 1 saturated heterocycles. The number of hydrogen-bond acceptors (Lipinski definition) is 15. The van der Waals surface area contributed by atoms with Gasteiger partial charge in [0.05, 0.1) is 24.5 Å². The van der Waals surface area contributed by atoms with Crippen molar-refractivity contribution in [1.29, 1.82) is 5.26 Å². The zero-order valence-electron chi connectivity index (χ0n) is 23.0. The van der Waals surface area contributed by atoms with Crippen LogP contribution in [0.3, 0.4) is 0 Å². The molecule has 0 amide bonds. The number of anilines is 1. The van der Waals surface area contributed by atoms with Crippen molar-refractivity contribution in [3.63, 3.8) is 0 Å². The molecule has 226 valence electrons. The number of nitrogens with two attached hydrogens (primary N) is 1. The first kappa shape index (κ1) is 32.2. The second kappa shape index (κ2) is 13.1. The molecule has 18 heteroatoms. The molecular weight excluding hydrogens is 567 g/mol. The molecule has 0 aliphatic carbocycles. The number of nitrogens with one attached hydrogen (secondary N) is 1. The van der Waals surface area contributed by atoms with Crippen molar-refractivity contribution in [2.24, 2.45) is 0 Å². The first-order valence-corrected chi connectivity index (χ1v) is 14.0. The number of rotatable bonds is 12. The SMILES string of the molecule is CC(C)OC(=O)OCO[P@@](=O)(N[C@@H](C)C(=O)OC(C)C)OC[C@H]1O[C@@](C#N)(c2ccc3c(N)ncnn23)[C@H](O)[C@@H]1O. The Morgan fingerprint density at radius 2 is 1.90 bits per heavy atom. The third kappa shape index (κ3) is 7.29. The predicted molar refractivity (Wildman–Crippen MR) is 138 cm³/mol. The largest absolute Gasteiger partial charge is 0.510 e. The standard InChI is InChI=1S/C23H33N6O11P/c1-12(2)38-21(32)14(5)28-41(34,37-11-35-22(33)39-13(3)4)36-8-16-18(30)19(31)23(9-24,40-16)17-7-6-15-20(25)26-10-27-29(15)17/h6-7,10,12-14,16,18-19,30-31H,8,11H2,1-5H3,(H,28,34)(H2,25,26,27)/t14-,16+,18+,19+,23-,41+/m0/s1. The molecule has 0 unspecified atom stereocenters. The van der Waals surface area contributed by atoms with Gasteiger partial charge in [0.25, 0.3) is 0 Å². The van der Waals surface area contributed by atoms with Gasteiger partial charge >= 0.3 is 19.9 Å². The smallest absolute Gasteiger partial charge is 0.462 e. The van der Waals surface area contributed by atoms with Crippen LogP contribution in [0, 0.1) is 11.3 Å². The molecular formula is C23H33N6O11P. The topological polar surface area (TPSA) is 239 Å². The third-order valence-corrected chi connectivity index (χ3v) is 7.32. The Kier molecular flexibility index (Phi) is 10.3. The van der Waals surface area contributed by atoms with Gasteiger partial charge in [-0.2, -0.15) is 10.4 Å². The quantitative estimate of drug-likeness (QED) is 0.149. The molecule has 5 N–H and O–H groups in total. The summed E-state index contributed by atoms with van der Waals surface area (Å²) in [5.74, 6) is -0.689. The zero-order chi connectivity index (χ0) is 30.5. The van der Waals surface area contributed by atoms with Crippen LogP contribution in [0.4, 0.5) is 10.6 Å². The summed E-state index contributed by atoms with van der Waals surface area (Å²) >= 11 is 0. The Hall–Kier alpha value is -3.36. The lowest BCUT2D eigenvalue weighted by Gasteiger charge is -2.25. The number of hydrogen-bond donors (Lipinski definition) is 4. The monoisotopic (exact) mass is 600 g/mol. The summed E-state index contributed by atoms with van der Waals surface area (Å²) in [6, 6.07) is 3.58. The van der Waals surface area contributed by atoms with Crippen LogP contribution in [0.15, 0.2) is 18.5 Å². The fourth-order valence-electron chi connectivity index (χ4n) is 3.83. The summed E-state index contributed by atoms with van der Waals surface area (Å²) < 4.78 is 45.7. The van der Waals surface area contributed by atoms with Crippen molar-refractivity contribution in [2.75, 3.05) is 19.1 Å². The van der Waals surface area contributed by atoms with E-state index < -0.39 is 75.4 Å². The maximum Gasteiger partial charge on any atom is 0.510 e. The lowest BCUT2D eigenvalue weighted by molar-refractivity contribution is -0.149. The van der Waals surface area contributed by atoms with Gasteiger partial charge in [0.1, 0.15) is 42.3 Å². The lowest BCUT2D eigenvalue weighted by Crippen LogP contribution is -2.41. The number of nitrogens with zero attached hydrogens (tertiary/aromatic N) is 4. The molecule has 3 rings (SSSR count). The molecule has 3 heterocycles. The third-order valence-electron chi connectivity index (χ3n) is 5.68. The van der Waals surface area contributed by atoms with E-state index in [1.54, 1.807) is 27.7 Å². The fourth-order valence-corrected chi connectivity index (χ4v) is 5.17. The molecule has 17 nitrogen and oxygen atoms in total. The van der Waals surface area contributed by atoms with Crippen LogP contribution < -0.4 is 10.8 Å². The van der Waals surface area contributed by atoms with Gasteiger partial charge in [0, 0.05) is 0 Å². The van der Waals surface area contributed by atoms with Crippen LogP contribution in [0.5, 0.6) is 0 Å². The van der Waals surface area contributed by atoms with Crippen molar-refractivity contribution in [2.45, 2.75) is 76.8 Å². The summed E-state index contributed by atoms with van der Waals surface area (Å²) in [6.07, 6.45) is -5.90. The van der Waals surface area contributed by atoms with Crippen LogP contribution in [0.25, 0.3) is 5.52 Å². The van der Waals surface area contributed by atoms with Gasteiger partial charge in [0.15, 0.2) is 5.82 Å². The maximum absolute atomic E-state index is 13.5. The van der Waals surface area contributed by atoms with Crippen molar-refractivity contribution < 1.29 is 52.4 Å². The zero-order valence-corrected chi connectivity index (χ0v) is 23.9. The lowest BCUT2D eigenvalue weighted by atomic mass is 9.92. The van der Waals surface area contributed by atoms with E-state index in [-0.39, 0.29) is 11.5 Å². The minimum atomic E-state index is -4.50. The van der Waals surface area contributed by atoms with Crippen molar-refractivity contribution in [3.8, 4) is 6.07 Å². The molecule has 2 aromatic rings. The van der Waals surface area contributed by atoms with Gasteiger partial charge in [-0.3, -0.25) is 13.8 Å². The number of carbonyl (C=O) groups excluding carboxylic acids is 2. The fraction of sp³-hybridized carbons (Fsp3) is 0.609. The minimum absolute atomic E-state index is 0.0397. The number of aromatic nitrogens is 3. The predicted octanol–water partition coefficient (Wildman–Crippen LogP) is 0.741. The van der Waals surface area contributed by atoms with E-state index in [1.165, 1.54) is 23.6 Å². The number of ether oxygens (including phenoxy) is 4. The number of nitriles is 1. The molecule has 1 aliphatic rings. The number of aliphatic hydroxyl groups excluding tert-OH is 2. The Morgan fingerprint density at radius 1 is 1.22 bits per heavy atom. The van der Waals surface area contributed by atoms with Crippen molar-refractivity contribution in [1.82, 2.24) is 19.7 Å². The van der Waals surface area contributed by atoms with Gasteiger partial charge in [-0.25, -0.2) is 23.9 Å². The minimum Gasteiger partial charge on any atom is -0.462 e. The van der Waals surface area contributed by atoms with Gasteiger partial charge in [-0.15, -0.1) is 0 Å².